The molecule has 6 atom stereocenters. The van der Waals surface area contributed by atoms with Crippen molar-refractivity contribution in [3.05, 3.63) is 0 Å². The highest BCUT2D eigenvalue weighted by Gasteiger charge is 2.31. The molecule has 19 heteroatoms. The van der Waals surface area contributed by atoms with E-state index in [9.17, 15) is 43.2 Å². The molecule has 0 aromatic rings. The average Bonchev–Trinajstić information content (AvgIpc) is 0.899. The minimum absolute atomic E-state index is 0.108. The van der Waals surface area contributed by atoms with Crippen molar-refractivity contribution >= 4 is 39.5 Å². The number of esters is 4. The molecule has 0 spiro atoms. The first-order chi connectivity index (χ1) is 53.8. The summed E-state index contributed by atoms with van der Waals surface area (Å²) in [5, 5.41) is 10.7. The van der Waals surface area contributed by atoms with Gasteiger partial charge in [0.05, 0.1) is 26.4 Å². The van der Waals surface area contributed by atoms with Crippen LogP contribution in [0.25, 0.3) is 0 Å². The van der Waals surface area contributed by atoms with Gasteiger partial charge in [-0.3, -0.25) is 37.3 Å². The third-order valence-electron chi connectivity index (χ3n) is 22.0. The number of phosphoric acid groups is 2. The molecule has 0 saturated carbocycles. The molecular formula is C92H180O17P2. The van der Waals surface area contributed by atoms with E-state index in [-0.39, 0.29) is 25.7 Å². The van der Waals surface area contributed by atoms with Gasteiger partial charge in [-0.05, 0) is 43.4 Å². The van der Waals surface area contributed by atoms with Crippen LogP contribution in [0.5, 0.6) is 0 Å². The van der Waals surface area contributed by atoms with Gasteiger partial charge >= 0.3 is 39.5 Å². The Bertz CT molecular complexity index is 2130. The first-order valence-electron chi connectivity index (χ1n) is 47.4. The van der Waals surface area contributed by atoms with Crippen LogP contribution < -0.4 is 0 Å². The quantitative estimate of drug-likeness (QED) is 0.0222. The number of hydrogen-bond acceptors (Lipinski definition) is 15. The number of hydrogen-bond donors (Lipinski definition) is 3. The van der Waals surface area contributed by atoms with Crippen molar-refractivity contribution in [1.29, 1.82) is 0 Å². The first kappa shape index (κ1) is 109. The average molecular weight is 1620 g/mol. The summed E-state index contributed by atoms with van der Waals surface area (Å²) in [7, 11) is -9.93. The zero-order valence-electron chi connectivity index (χ0n) is 73.4. The van der Waals surface area contributed by atoms with Gasteiger partial charge in [-0.25, -0.2) is 9.13 Å². The smallest absolute Gasteiger partial charge is 0.462 e. The number of rotatable bonds is 90. The number of phosphoric ester groups is 2. The van der Waals surface area contributed by atoms with Gasteiger partial charge in [0, 0.05) is 25.7 Å². The summed E-state index contributed by atoms with van der Waals surface area (Å²) in [4.78, 5) is 73.2. The van der Waals surface area contributed by atoms with Crippen molar-refractivity contribution in [3.63, 3.8) is 0 Å². The zero-order valence-corrected chi connectivity index (χ0v) is 75.2. The van der Waals surface area contributed by atoms with E-state index in [0.717, 1.165) is 120 Å². The van der Waals surface area contributed by atoms with E-state index in [4.69, 9.17) is 37.0 Å². The lowest BCUT2D eigenvalue weighted by Crippen LogP contribution is -2.30. The molecule has 17 nitrogen and oxygen atoms in total. The summed E-state index contributed by atoms with van der Waals surface area (Å²) in [5.41, 5.74) is 0. The Hall–Kier alpha value is -1.94. The number of ether oxygens (including phenoxy) is 4. The summed E-state index contributed by atoms with van der Waals surface area (Å²) >= 11 is 0. The Morgan fingerprint density at radius 2 is 0.459 bits per heavy atom. The normalized spacial score (nSPS) is 14.0. The van der Waals surface area contributed by atoms with Gasteiger partial charge < -0.3 is 33.8 Å². The Morgan fingerprint density at radius 1 is 0.261 bits per heavy atom. The molecule has 0 aromatic heterocycles. The number of carbonyl (C=O) groups excluding carboxylic acids is 4. The van der Waals surface area contributed by atoms with Gasteiger partial charge in [0.15, 0.2) is 12.2 Å². The maximum absolute atomic E-state index is 13.2. The molecule has 3 N–H and O–H groups in total. The van der Waals surface area contributed by atoms with Crippen molar-refractivity contribution in [2.24, 2.45) is 17.8 Å². The summed E-state index contributed by atoms with van der Waals surface area (Å²) in [6.07, 6.45) is 75.3. The van der Waals surface area contributed by atoms with E-state index < -0.39 is 97.5 Å². The largest absolute Gasteiger partial charge is 0.472 e. The first-order valence-corrected chi connectivity index (χ1v) is 50.4. The van der Waals surface area contributed by atoms with Crippen LogP contribution >= 0.6 is 15.6 Å². The Kier molecular flexibility index (Phi) is 80.4. The van der Waals surface area contributed by atoms with E-state index in [1.54, 1.807) is 0 Å². The maximum atomic E-state index is 13.2. The van der Waals surface area contributed by atoms with Gasteiger partial charge in [-0.15, -0.1) is 0 Å². The molecule has 0 rings (SSSR count). The van der Waals surface area contributed by atoms with Crippen LogP contribution in [0.3, 0.4) is 0 Å². The molecule has 0 aliphatic rings. The van der Waals surface area contributed by atoms with E-state index in [0.29, 0.717) is 25.7 Å². The highest BCUT2D eigenvalue weighted by Crippen LogP contribution is 2.45. The van der Waals surface area contributed by atoms with Crippen LogP contribution in [0.2, 0.25) is 0 Å². The third kappa shape index (κ3) is 84.3. The van der Waals surface area contributed by atoms with E-state index >= 15 is 0 Å². The standard InChI is InChI=1S/C92H180O17P2/c1-8-10-11-12-49-59-66-73-89(94)102-79-87(108-91(96)75-68-61-54-47-41-35-29-23-17-14-20-26-32-38-44-51-57-64-71-84(5)6)81-106-110(98,99)104-77-86(93)78-105-111(100,101)107-82-88(80-103-90(95)74-67-60-53-46-40-34-28-22-16-13-19-25-31-37-43-50-56-63-70-83(3)4)109-92(97)76-69-62-55-48-42-36-30-24-18-15-21-27-33-39-45-52-58-65-72-85(7)9-2/h83-88,93H,8-82H2,1-7H3,(H,98,99)(H,100,101)/t85?,86-,87+,88+/m0/s1. The predicted molar refractivity (Wildman–Crippen MR) is 460 cm³/mol. The summed E-state index contributed by atoms with van der Waals surface area (Å²) in [6.45, 7) is 12.1. The fourth-order valence-corrected chi connectivity index (χ4v) is 16.0. The summed E-state index contributed by atoms with van der Waals surface area (Å²) < 4.78 is 68.9. The second-order valence-electron chi connectivity index (χ2n) is 34.2. The molecule has 0 aromatic carbocycles. The van der Waals surface area contributed by atoms with Gasteiger partial charge in [0.2, 0.25) is 0 Å². The fraction of sp³-hybridized carbons (Fsp3) is 0.957. The van der Waals surface area contributed by atoms with Crippen LogP contribution in [-0.4, -0.2) is 96.7 Å². The van der Waals surface area contributed by atoms with E-state index in [1.165, 1.54) is 289 Å². The topological polar surface area (TPSA) is 237 Å². The predicted octanol–water partition coefficient (Wildman–Crippen LogP) is 28.4. The lowest BCUT2D eigenvalue weighted by atomic mass is 9.99. The van der Waals surface area contributed by atoms with Crippen molar-refractivity contribution in [2.75, 3.05) is 39.6 Å². The van der Waals surface area contributed by atoms with E-state index in [1.807, 2.05) is 0 Å². The molecule has 0 amide bonds. The van der Waals surface area contributed by atoms with Crippen molar-refractivity contribution in [3.8, 4) is 0 Å². The molecule has 660 valence electrons. The number of aliphatic hydroxyl groups is 1. The fourth-order valence-electron chi connectivity index (χ4n) is 14.4. The van der Waals surface area contributed by atoms with Crippen molar-refractivity contribution < 1.29 is 80.2 Å². The molecular weight excluding hydrogens is 1440 g/mol. The van der Waals surface area contributed by atoms with Crippen LogP contribution in [0.4, 0.5) is 0 Å². The molecule has 0 radical (unpaired) electrons. The molecule has 111 heavy (non-hydrogen) atoms. The molecule has 0 saturated heterocycles. The number of unbranched alkanes of at least 4 members (excludes halogenated alkanes) is 57. The summed E-state index contributed by atoms with van der Waals surface area (Å²) in [5.74, 6) is 0.412. The highest BCUT2D eigenvalue weighted by atomic mass is 31.2. The monoisotopic (exact) mass is 1620 g/mol. The molecule has 0 bridgehead atoms. The molecule has 0 aliphatic heterocycles. The van der Waals surface area contributed by atoms with Gasteiger partial charge in [-0.1, -0.05) is 440 Å². The van der Waals surface area contributed by atoms with Crippen LogP contribution in [-0.2, 0) is 65.4 Å². The minimum Gasteiger partial charge on any atom is -0.462 e. The Morgan fingerprint density at radius 3 is 0.685 bits per heavy atom. The molecule has 3 unspecified atom stereocenters. The van der Waals surface area contributed by atoms with Crippen LogP contribution in [0.1, 0.15) is 492 Å². The van der Waals surface area contributed by atoms with E-state index in [2.05, 4.69) is 48.5 Å². The molecule has 0 heterocycles. The molecule has 0 fully saturated rings. The number of aliphatic hydroxyl groups excluding tert-OH is 1. The van der Waals surface area contributed by atoms with Gasteiger partial charge in [0.1, 0.15) is 19.3 Å². The number of carbonyl (C=O) groups is 4. The lowest BCUT2D eigenvalue weighted by molar-refractivity contribution is -0.161. The second kappa shape index (κ2) is 81.8. The second-order valence-corrected chi connectivity index (χ2v) is 37.2. The molecule has 0 aliphatic carbocycles. The Balaban J connectivity index is 5.14. The Labute approximate surface area is 683 Å². The van der Waals surface area contributed by atoms with Crippen molar-refractivity contribution in [2.45, 2.75) is 510 Å². The highest BCUT2D eigenvalue weighted by molar-refractivity contribution is 7.47. The maximum Gasteiger partial charge on any atom is 0.472 e. The third-order valence-corrected chi connectivity index (χ3v) is 23.9. The minimum atomic E-state index is -4.97. The van der Waals surface area contributed by atoms with Crippen LogP contribution in [0, 0.1) is 17.8 Å². The van der Waals surface area contributed by atoms with Crippen LogP contribution in [0.15, 0.2) is 0 Å². The summed E-state index contributed by atoms with van der Waals surface area (Å²) in [6, 6.07) is 0. The lowest BCUT2D eigenvalue weighted by Gasteiger charge is -2.21. The van der Waals surface area contributed by atoms with Gasteiger partial charge in [-0.2, -0.15) is 0 Å². The van der Waals surface area contributed by atoms with Gasteiger partial charge in [0.25, 0.3) is 0 Å². The SMILES string of the molecule is CCCCCCCCCC(=O)OC[C@H](COP(=O)(O)OC[C@H](O)COP(=O)(O)OC[C@@H](COC(=O)CCCCCCCCCCCCCCCCCCCCC(C)C)OC(=O)CCCCCCCCCCCCCCCCCCCCC(C)CC)OC(=O)CCCCCCCCCCCCCCCCCCCCC(C)C. The zero-order chi connectivity index (χ0) is 81.5. The van der Waals surface area contributed by atoms with Crippen molar-refractivity contribution in [1.82, 2.24) is 0 Å².